The monoisotopic (exact) mass is 395 g/mol. The molecule has 2 aliphatic heterocycles. The summed E-state index contributed by atoms with van der Waals surface area (Å²) in [6.07, 6.45) is 2.70. The largest absolute Gasteiger partial charge is 0.325 e. The highest BCUT2D eigenvalue weighted by molar-refractivity contribution is 8.07. The molecule has 1 aromatic rings. The van der Waals surface area contributed by atoms with Gasteiger partial charge in [0.1, 0.15) is 5.82 Å². The summed E-state index contributed by atoms with van der Waals surface area (Å²) >= 11 is 4.36. The highest BCUT2D eigenvalue weighted by Gasteiger charge is 2.42. The molecule has 0 aromatic heterocycles. The van der Waals surface area contributed by atoms with Gasteiger partial charge < -0.3 is 5.32 Å². The molecule has 142 valence electrons. The first-order valence-electron chi connectivity index (χ1n) is 9.44. The Labute approximate surface area is 163 Å². The molecule has 7 heteroatoms. The van der Waals surface area contributed by atoms with Gasteiger partial charge in [0.05, 0.1) is 6.54 Å². The maximum absolute atomic E-state index is 12.9. The number of benzene rings is 1. The Kier molecular flexibility index (Phi) is 6.08. The van der Waals surface area contributed by atoms with Crippen LogP contribution in [-0.2, 0) is 4.79 Å². The van der Waals surface area contributed by atoms with Crippen LogP contribution in [0, 0.1) is 5.82 Å². The van der Waals surface area contributed by atoms with Crippen LogP contribution in [0.1, 0.15) is 12.8 Å². The molecule has 1 amide bonds. The third-order valence-electron chi connectivity index (χ3n) is 5.59. The number of amides is 1. The maximum atomic E-state index is 12.9. The second kappa shape index (κ2) is 8.50. The van der Waals surface area contributed by atoms with Crippen LogP contribution in [-0.4, -0.2) is 76.5 Å². The number of rotatable bonds is 4. The van der Waals surface area contributed by atoms with Crippen molar-refractivity contribution in [3.8, 4) is 0 Å². The van der Waals surface area contributed by atoms with Gasteiger partial charge in [-0.05, 0) is 37.1 Å². The van der Waals surface area contributed by atoms with Crippen LogP contribution in [0.4, 0.5) is 10.1 Å². The minimum atomic E-state index is -0.289. The second-order valence-electron chi connectivity index (χ2n) is 7.26. The molecule has 2 saturated heterocycles. The van der Waals surface area contributed by atoms with Gasteiger partial charge in [0.25, 0.3) is 0 Å². The fourth-order valence-corrected chi connectivity index (χ4v) is 7.64. The molecule has 3 aliphatic rings. The van der Waals surface area contributed by atoms with Crippen molar-refractivity contribution in [2.45, 2.75) is 29.4 Å². The normalized spacial score (nSPS) is 30.1. The third-order valence-corrected chi connectivity index (χ3v) is 8.88. The fraction of sp³-hybridized carbons (Fsp3) is 0.632. The summed E-state index contributed by atoms with van der Waals surface area (Å²) in [7, 11) is 0. The smallest absolute Gasteiger partial charge is 0.238 e. The van der Waals surface area contributed by atoms with Crippen LogP contribution in [0.3, 0.4) is 0 Å². The van der Waals surface area contributed by atoms with Crippen molar-refractivity contribution in [2.24, 2.45) is 0 Å². The van der Waals surface area contributed by atoms with Crippen molar-refractivity contribution in [1.82, 2.24) is 9.80 Å². The summed E-state index contributed by atoms with van der Waals surface area (Å²) in [6, 6.07) is 6.66. The number of nitrogens with one attached hydrogen (secondary N) is 1. The van der Waals surface area contributed by atoms with E-state index in [0.717, 1.165) is 42.7 Å². The lowest BCUT2D eigenvalue weighted by atomic mass is 10.1. The first-order valence-corrected chi connectivity index (χ1v) is 11.5. The lowest BCUT2D eigenvalue weighted by Gasteiger charge is -2.41. The molecule has 3 fully saturated rings. The first kappa shape index (κ1) is 18.6. The van der Waals surface area contributed by atoms with Crippen molar-refractivity contribution in [1.29, 1.82) is 0 Å². The number of piperazine rings is 1. The van der Waals surface area contributed by atoms with Crippen molar-refractivity contribution in [3.63, 3.8) is 0 Å². The van der Waals surface area contributed by atoms with Gasteiger partial charge in [-0.25, -0.2) is 4.39 Å². The maximum Gasteiger partial charge on any atom is 0.238 e. The van der Waals surface area contributed by atoms with Crippen LogP contribution in [0.2, 0.25) is 0 Å². The quantitative estimate of drug-likeness (QED) is 0.848. The summed E-state index contributed by atoms with van der Waals surface area (Å²) in [6.45, 7) is 4.42. The van der Waals surface area contributed by atoms with Gasteiger partial charge in [-0.1, -0.05) is 0 Å². The van der Waals surface area contributed by atoms with E-state index in [2.05, 4.69) is 38.6 Å². The molecule has 3 atom stereocenters. The Morgan fingerprint density at radius 2 is 1.81 bits per heavy atom. The predicted octanol–water partition coefficient (Wildman–Crippen LogP) is 2.76. The van der Waals surface area contributed by atoms with Crippen LogP contribution in [0.5, 0.6) is 0 Å². The van der Waals surface area contributed by atoms with Crippen molar-refractivity contribution in [3.05, 3.63) is 30.1 Å². The minimum Gasteiger partial charge on any atom is -0.325 e. The Hall–Kier alpha value is -0.760. The van der Waals surface area contributed by atoms with E-state index in [-0.39, 0.29) is 11.7 Å². The molecule has 2 heterocycles. The first-order chi connectivity index (χ1) is 12.7. The van der Waals surface area contributed by atoms with Crippen LogP contribution in [0.25, 0.3) is 0 Å². The number of anilines is 1. The highest BCUT2D eigenvalue weighted by atomic mass is 32.2. The number of fused-ring (bicyclic) bond motifs is 1. The number of hydrogen-bond donors (Lipinski definition) is 1. The van der Waals surface area contributed by atoms with Crippen molar-refractivity contribution < 1.29 is 9.18 Å². The molecule has 1 saturated carbocycles. The standard InChI is InChI=1S/C19H26FN3OS2/c20-14-1-3-15(4-2-14)21-18(24)13-22-7-9-23(10-8-22)16-5-6-17-19(16)26-12-11-25-17/h1-4,16-17,19H,5-13H2,(H,21,24)/t16-,17-,19+/m1/s1. The third kappa shape index (κ3) is 4.38. The molecule has 26 heavy (non-hydrogen) atoms. The zero-order chi connectivity index (χ0) is 17.9. The molecule has 4 nitrogen and oxygen atoms in total. The molecule has 1 N–H and O–H groups in total. The van der Waals surface area contributed by atoms with Gasteiger partial charge in [0, 0.05) is 59.9 Å². The van der Waals surface area contributed by atoms with E-state index in [1.165, 1.54) is 36.5 Å². The Bertz CT molecular complexity index is 622. The number of carbonyl (C=O) groups excluding carboxylic acids is 1. The Balaban J connectivity index is 1.23. The van der Waals surface area contributed by atoms with Crippen LogP contribution >= 0.6 is 23.5 Å². The number of carbonyl (C=O) groups is 1. The molecular formula is C19H26FN3OS2. The van der Waals surface area contributed by atoms with E-state index in [9.17, 15) is 9.18 Å². The predicted molar refractivity (Wildman–Crippen MR) is 109 cm³/mol. The Morgan fingerprint density at radius 1 is 1.08 bits per heavy atom. The minimum absolute atomic E-state index is 0.0229. The van der Waals surface area contributed by atoms with Crippen LogP contribution < -0.4 is 5.32 Å². The molecular weight excluding hydrogens is 369 g/mol. The lowest BCUT2D eigenvalue weighted by molar-refractivity contribution is -0.117. The summed E-state index contributed by atoms with van der Waals surface area (Å²) in [5, 5.41) is 4.52. The molecule has 0 spiro atoms. The van der Waals surface area contributed by atoms with E-state index in [1.807, 2.05) is 0 Å². The van der Waals surface area contributed by atoms with Gasteiger partial charge in [0.2, 0.25) is 5.91 Å². The summed E-state index contributed by atoms with van der Waals surface area (Å²) in [5.74, 6) is 2.30. The topological polar surface area (TPSA) is 35.6 Å². The summed E-state index contributed by atoms with van der Waals surface area (Å²) < 4.78 is 12.9. The second-order valence-corrected chi connectivity index (χ2v) is 9.89. The van der Waals surface area contributed by atoms with E-state index in [0.29, 0.717) is 12.2 Å². The zero-order valence-corrected chi connectivity index (χ0v) is 16.5. The molecule has 1 aromatic carbocycles. The van der Waals surface area contributed by atoms with Crippen molar-refractivity contribution in [2.75, 3.05) is 49.5 Å². The molecule has 0 bridgehead atoms. The summed E-state index contributed by atoms with van der Waals surface area (Å²) in [5.41, 5.74) is 0.652. The molecule has 0 unspecified atom stereocenters. The SMILES string of the molecule is O=C(CN1CCN([C@@H]2CC[C@H]3SCCS[C@@H]23)CC1)Nc1ccc(F)cc1. The lowest BCUT2D eigenvalue weighted by Crippen LogP contribution is -2.54. The number of nitrogens with zero attached hydrogens (tertiary/aromatic N) is 2. The average molecular weight is 396 g/mol. The van der Waals surface area contributed by atoms with E-state index in [1.54, 1.807) is 12.1 Å². The average Bonchev–Trinajstić information content (AvgIpc) is 3.08. The van der Waals surface area contributed by atoms with E-state index >= 15 is 0 Å². The molecule has 4 rings (SSSR count). The molecule has 1 aliphatic carbocycles. The van der Waals surface area contributed by atoms with Gasteiger partial charge in [0.15, 0.2) is 0 Å². The zero-order valence-electron chi connectivity index (χ0n) is 14.9. The number of hydrogen-bond acceptors (Lipinski definition) is 5. The van der Waals surface area contributed by atoms with Crippen LogP contribution in [0.15, 0.2) is 24.3 Å². The summed E-state index contributed by atoms with van der Waals surface area (Å²) in [4.78, 5) is 17.1. The fourth-order valence-electron chi connectivity index (χ4n) is 4.27. The van der Waals surface area contributed by atoms with E-state index < -0.39 is 0 Å². The molecule has 0 radical (unpaired) electrons. The highest BCUT2D eigenvalue weighted by Crippen LogP contribution is 2.44. The van der Waals surface area contributed by atoms with E-state index in [4.69, 9.17) is 0 Å². The van der Waals surface area contributed by atoms with Gasteiger partial charge in [-0.15, -0.1) is 0 Å². The van der Waals surface area contributed by atoms with Crippen molar-refractivity contribution >= 4 is 35.1 Å². The van der Waals surface area contributed by atoms with Gasteiger partial charge in [-0.3, -0.25) is 14.6 Å². The Morgan fingerprint density at radius 3 is 2.58 bits per heavy atom. The number of halogens is 1. The van der Waals surface area contributed by atoms with Gasteiger partial charge >= 0.3 is 0 Å². The van der Waals surface area contributed by atoms with Gasteiger partial charge in [-0.2, -0.15) is 23.5 Å². The number of thioether (sulfide) groups is 2.